The van der Waals surface area contributed by atoms with Gasteiger partial charge in [0, 0.05) is 6.42 Å². The third-order valence-corrected chi connectivity index (χ3v) is 3.95. The van der Waals surface area contributed by atoms with Gasteiger partial charge in [-0.2, -0.15) is 0 Å². The number of rotatable bonds is 16. The molecule has 0 heterocycles. The SMILES string of the molecule is CCCCCCCCCCC=CC=C[C@@H](O)CCCCC(=O)O. The van der Waals surface area contributed by atoms with E-state index in [4.69, 9.17) is 5.11 Å². The molecular formula is C20H36O3. The lowest BCUT2D eigenvalue weighted by Gasteiger charge is -2.03. The van der Waals surface area contributed by atoms with Gasteiger partial charge in [-0.3, -0.25) is 4.79 Å². The van der Waals surface area contributed by atoms with E-state index in [-0.39, 0.29) is 6.42 Å². The molecule has 0 aromatic carbocycles. The fraction of sp³-hybridized carbons (Fsp3) is 0.750. The van der Waals surface area contributed by atoms with Gasteiger partial charge in [-0.15, -0.1) is 0 Å². The molecule has 0 aliphatic carbocycles. The van der Waals surface area contributed by atoms with Gasteiger partial charge >= 0.3 is 5.97 Å². The number of carboxylic acids is 1. The third-order valence-electron chi connectivity index (χ3n) is 3.95. The molecule has 23 heavy (non-hydrogen) atoms. The molecule has 3 nitrogen and oxygen atoms in total. The quantitative estimate of drug-likeness (QED) is 0.285. The van der Waals surface area contributed by atoms with Gasteiger partial charge in [0.05, 0.1) is 6.10 Å². The maximum atomic E-state index is 10.4. The molecular weight excluding hydrogens is 288 g/mol. The molecule has 2 N–H and O–H groups in total. The van der Waals surface area contributed by atoms with Crippen molar-refractivity contribution in [2.24, 2.45) is 0 Å². The Morgan fingerprint density at radius 2 is 1.57 bits per heavy atom. The van der Waals surface area contributed by atoms with Crippen LogP contribution in [0.15, 0.2) is 24.3 Å². The molecule has 0 amide bonds. The average Bonchev–Trinajstić information content (AvgIpc) is 2.52. The number of aliphatic hydroxyl groups is 1. The van der Waals surface area contributed by atoms with Crippen molar-refractivity contribution < 1.29 is 15.0 Å². The second-order valence-electron chi connectivity index (χ2n) is 6.28. The zero-order valence-electron chi connectivity index (χ0n) is 14.9. The lowest BCUT2D eigenvalue weighted by Crippen LogP contribution is -2.02. The molecule has 0 bridgehead atoms. The van der Waals surface area contributed by atoms with Crippen LogP contribution in [0.3, 0.4) is 0 Å². The van der Waals surface area contributed by atoms with Gasteiger partial charge in [-0.05, 0) is 32.1 Å². The molecule has 0 unspecified atom stereocenters. The molecule has 0 saturated heterocycles. The van der Waals surface area contributed by atoms with Crippen molar-refractivity contribution in [1.29, 1.82) is 0 Å². The summed E-state index contributed by atoms with van der Waals surface area (Å²) < 4.78 is 0. The molecule has 0 fully saturated rings. The van der Waals surface area contributed by atoms with Crippen molar-refractivity contribution in [3.8, 4) is 0 Å². The topological polar surface area (TPSA) is 57.5 Å². The van der Waals surface area contributed by atoms with E-state index in [1.54, 1.807) is 6.08 Å². The summed E-state index contributed by atoms with van der Waals surface area (Å²) in [6, 6.07) is 0. The van der Waals surface area contributed by atoms with Crippen molar-refractivity contribution >= 4 is 5.97 Å². The van der Waals surface area contributed by atoms with E-state index >= 15 is 0 Å². The summed E-state index contributed by atoms with van der Waals surface area (Å²) >= 11 is 0. The van der Waals surface area contributed by atoms with Crippen molar-refractivity contribution in [2.45, 2.75) is 96.5 Å². The Labute approximate surface area is 142 Å². The molecule has 0 saturated carbocycles. The number of allylic oxidation sites excluding steroid dienone is 3. The van der Waals surface area contributed by atoms with Crippen LogP contribution in [0, 0.1) is 0 Å². The number of aliphatic carboxylic acids is 1. The molecule has 0 rings (SSSR count). The minimum atomic E-state index is -0.765. The van der Waals surface area contributed by atoms with Crippen molar-refractivity contribution in [3.63, 3.8) is 0 Å². The molecule has 1 atom stereocenters. The Bertz CT molecular complexity index is 321. The van der Waals surface area contributed by atoms with Crippen LogP contribution >= 0.6 is 0 Å². The van der Waals surface area contributed by atoms with E-state index in [2.05, 4.69) is 13.0 Å². The predicted molar refractivity (Wildman–Crippen MR) is 97.6 cm³/mol. The maximum Gasteiger partial charge on any atom is 0.303 e. The highest BCUT2D eigenvalue weighted by Crippen LogP contribution is 2.10. The monoisotopic (exact) mass is 324 g/mol. The zero-order chi connectivity index (χ0) is 17.2. The maximum absolute atomic E-state index is 10.4. The van der Waals surface area contributed by atoms with E-state index in [1.165, 1.54) is 51.4 Å². The Hall–Kier alpha value is -1.09. The number of aliphatic hydroxyl groups excluding tert-OH is 1. The Morgan fingerprint density at radius 3 is 2.22 bits per heavy atom. The van der Waals surface area contributed by atoms with Crippen LogP contribution in [0.4, 0.5) is 0 Å². The summed E-state index contributed by atoms with van der Waals surface area (Å²) in [5.74, 6) is -0.765. The number of hydrogen-bond acceptors (Lipinski definition) is 2. The van der Waals surface area contributed by atoms with E-state index in [9.17, 15) is 9.90 Å². The fourth-order valence-corrected chi connectivity index (χ4v) is 2.49. The van der Waals surface area contributed by atoms with Gasteiger partial charge in [0.2, 0.25) is 0 Å². The zero-order valence-corrected chi connectivity index (χ0v) is 14.9. The first-order valence-corrected chi connectivity index (χ1v) is 9.40. The normalized spacial score (nSPS) is 13.1. The summed E-state index contributed by atoms with van der Waals surface area (Å²) in [4.78, 5) is 10.4. The molecule has 134 valence electrons. The lowest BCUT2D eigenvalue weighted by atomic mass is 10.1. The standard InChI is InChI=1S/C20H36O3/c1-2-3-4-5-6-7-8-9-10-11-12-13-16-19(21)17-14-15-18-20(22)23/h11-13,16,19,21H,2-10,14-15,17-18H2,1H3,(H,22,23)/t19-/m1/s1. The highest BCUT2D eigenvalue weighted by atomic mass is 16.4. The minimum Gasteiger partial charge on any atom is -0.481 e. The molecule has 0 aliphatic heterocycles. The summed E-state index contributed by atoms with van der Waals surface area (Å²) in [5, 5.41) is 18.2. The summed E-state index contributed by atoms with van der Waals surface area (Å²) in [5.41, 5.74) is 0. The van der Waals surface area contributed by atoms with Crippen molar-refractivity contribution in [3.05, 3.63) is 24.3 Å². The van der Waals surface area contributed by atoms with E-state index in [0.717, 1.165) is 12.8 Å². The van der Waals surface area contributed by atoms with Crippen LogP contribution in [0.1, 0.15) is 90.4 Å². The third kappa shape index (κ3) is 18.9. The van der Waals surface area contributed by atoms with Crippen LogP contribution < -0.4 is 0 Å². The Morgan fingerprint density at radius 1 is 0.913 bits per heavy atom. The highest BCUT2D eigenvalue weighted by molar-refractivity contribution is 5.66. The van der Waals surface area contributed by atoms with Crippen LogP contribution in [-0.4, -0.2) is 22.3 Å². The predicted octanol–water partition coefficient (Wildman–Crippen LogP) is 5.64. The molecule has 0 radical (unpaired) electrons. The van der Waals surface area contributed by atoms with Crippen molar-refractivity contribution in [2.75, 3.05) is 0 Å². The first-order chi connectivity index (χ1) is 11.2. The van der Waals surface area contributed by atoms with Gasteiger partial charge in [-0.1, -0.05) is 76.2 Å². The second-order valence-corrected chi connectivity index (χ2v) is 6.28. The van der Waals surface area contributed by atoms with Gasteiger partial charge in [0.1, 0.15) is 0 Å². The van der Waals surface area contributed by atoms with Crippen molar-refractivity contribution in [1.82, 2.24) is 0 Å². The number of unbranched alkanes of at least 4 members (excludes halogenated alkanes) is 9. The van der Waals surface area contributed by atoms with E-state index < -0.39 is 12.1 Å². The lowest BCUT2D eigenvalue weighted by molar-refractivity contribution is -0.137. The highest BCUT2D eigenvalue weighted by Gasteiger charge is 2.00. The molecule has 0 aromatic rings. The van der Waals surface area contributed by atoms with Crippen LogP contribution in [0.2, 0.25) is 0 Å². The molecule has 0 aliphatic rings. The summed E-state index contributed by atoms with van der Waals surface area (Å²) in [6.45, 7) is 2.25. The second kappa shape index (κ2) is 17.3. The van der Waals surface area contributed by atoms with E-state index in [1.807, 2.05) is 12.2 Å². The van der Waals surface area contributed by atoms with Crippen LogP contribution in [-0.2, 0) is 4.79 Å². The van der Waals surface area contributed by atoms with Crippen LogP contribution in [0.25, 0.3) is 0 Å². The van der Waals surface area contributed by atoms with E-state index in [0.29, 0.717) is 12.8 Å². The number of carbonyl (C=O) groups is 1. The van der Waals surface area contributed by atoms with Gasteiger partial charge in [-0.25, -0.2) is 0 Å². The van der Waals surface area contributed by atoms with Gasteiger partial charge in [0.25, 0.3) is 0 Å². The van der Waals surface area contributed by atoms with Gasteiger partial charge in [0.15, 0.2) is 0 Å². The Kier molecular flexibility index (Phi) is 16.4. The van der Waals surface area contributed by atoms with Gasteiger partial charge < -0.3 is 10.2 Å². The summed E-state index contributed by atoms with van der Waals surface area (Å²) in [7, 11) is 0. The largest absolute Gasteiger partial charge is 0.481 e. The smallest absolute Gasteiger partial charge is 0.303 e. The Balaban J connectivity index is 3.38. The average molecular weight is 325 g/mol. The van der Waals surface area contributed by atoms with Crippen LogP contribution in [0.5, 0.6) is 0 Å². The molecule has 3 heteroatoms. The number of hydrogen-bond donors (Lipinski definition) is 2. The first-order valence-electron chi connectivity index (χ1n) is 9.40. The molecule has 0 spiro atoms. The summed E-state index contributed by atoms with van der Waals surface area (Å²) in [6.07, 6.45) is 21.4. The molecule has 0 aromatic heterocycles. The first kappa shape index (κ1) is 21.9. The number of carboxylic acid groups (broad SMARTS) is 1. The minimum absolute atomic E-state index is 0.189. The fourth-order valence-electron chi connectivity index (χ4n) is 2.49.